The Kier molecular flexibility index (Phi) is 5.67. The van der Waals surface area contributed by atoms with Gasteiger partial charge in [-0.3, -0.25) is 4.79 Å². The Morgan fingerprint density at radius 2 is 1.93 bits per heavy atom. The van der Waals surface area contributed by atoms with Crippen molar-refractivity contribution in [3.63, 3.8) is 0 Å². The molecule has 1 N–H and O–H groups in total. The van der Waals surface area contributed by atoms with Crippen molar-refractivity contribution in [1.82, 2.24) is 5.01 Å². The van der Waals surface area contributed by atoms with E-state index in [0.29, 0.717) is 11.3 Å². The predicted octanol–water partition coefficient (Wildman–Crippen LogP) is 2.83. The number of carbonyl (C=O) groups excluding carboxylic acids is 1. The van der Waals surface area contributed by atoms with Crippen LogP contribution < -0.4 is 9.47 Å². The summed E-state index contributed by atoms with van der Waals surface area (Å²) in [6, 6.07) is 13.8. The average molecular weight is 419 g/mol. The van der Waals surface area contributed by atoms with Crippen molar-refractivity contribution in [2.24, 2.45) is 5.10 Å². The zero-order chi connectivity index (χ0) is 21.9. The smallest absolute Gasteiger partial charge is 0.438 e. The lowest BCUT2D eigenvalue weighted by Gasteiger charge is -2.32. The molecule has 0 bridgehead atoms. The van der Waals surface area contributed by atoms with Crippen LogP contribution in [-0.2, 0) is 4.79 Å². The first-order valence-corrected chi connectivity index (χ1v) is 8.65. The largest absolute Gasteiger partial charge is 0.497 e. The van der Waals surface area contributed by atoms with Crippen molar-refractivity contribution >= 4 is 11.6 Å². The van der Waals surface area contributed by atoms with E-state index in [1.165, 1.54) is 43.5 Å². The maximum absolute atomic E-state index is 13.6. The van der Waals surface area contributed by atoms with Gasteiger partial charge in [0.1, 0.15) is 17.6 Å². The van der Waals surface area contributed by atoms with Crippen molar-refractivity contribution in [2.45, 2.75) is 18.3 Å². The number of hydrazone groups is 1. The molecule has 0 saturated carbocycles. The SMILES string of the molecule is COc1ccc(C2=NN(C(=O)COc3ccccc3C#N)[C@](O)(C(F)(F)F)C2)cc1. The van der Waals surface area contributed by atoms with Gasteiger partial charge in [-0.2, -0.15) is 28.5 Å². The van der Waals surface area contributed by atoms with Gasteiger partial charge in [-0.05, 0) is 42.0 Å². The van der Waals surface area contributed by atoms with Gasteiger partial charge in [0, 0.05) is 0 Å². The molecule has 1 heterocycles. The monoisotopic (exact) mass is 419 g/mol. The quantitative estimate of drug-likeness (QED) is 0.804. The van der Waals surface area contributed by atoms with E-state index in [1.54, 1.807) is 12.1 Å². The van der Waals surface area contributed by atoms with Crippen molar-refractivity contribution in [3.05, 3.63) is 59.7 Å². The molecular weight excluding hydrogens is 403 g/mol. The number of aliphatic hydroxyl groups is 1. The third-order valence-electron chi connectivity index (χ3n) is 4.46. The zero-order valence-corrected chi connectivity index (χ0v) is 15.7. The van der Waals surface area contributed by atoms with E-state index in [2.05, 4.69) is 5.10 Å². The van der Waals surface area contributed by atoms with Gasteiger partial charge in [-0.25, -0.2) is 0 Å². The zero-order valence-electron chi connectivity index (χ0n) is 15.7. The van der Waals surface area contributed by atoms with Gasteiger partial charge in [-0.15, -0.1) is 0 Å². The fraction of sp³-hybridized carbons (Fsp3) is 0.250. The number of nitrogens with zero attached hydrogens (tertiary/aromatic N) is 3. The number of methoxy groups -OCH3 is 1. The first-order valence-electron chi connectivity index (χ1n) is 8.65. The van der Waals surface area contributed by atoms with Crippen molar-refractivity contribution in [3.8, 4) is 17.6 Å². The van der Waals surface area contributed by atoms with Gasteiger partial charge < -0.3 is 14.6 Å². The van der Waals surface area contributed by atoms with Crippen LogP contribution in [0.3, 0.4) is 0 Å². The highest BCUT2D eigenvalue weighted by molar-refractivity contribution is 6.03. The van der Waals surface area contributed by atoms with Crippen LogP contribution in [0.15, 0.2) is 53.6 Å². The molecule has 0 radical (unpaired) electrons. The van der Waals surface area contributed by atoms with Crippen molar-refractivity contribution < 1.29 is 32.5 Å². The summed E-state index contributed by atoms with van der Waals surface area (Å²) in [5, 5.41) is 23.1. The highest BCUT2D eigenvalue weighted by atomic mass is 19.4. The Morgan fingerprint density at radius 3 is 2.53 bits per heavy atom. The lowest BCUT2D eigenvalue weighted by Crippen LogP contribution is -2.57. The summed E-state index contributed by atoms with van der Waals surface area (Å²) in [4.78, 5) is 12.5. The number of alkyl halides is 3. The second-order valence-corrected chi connectivity index (χ2v) is 6.37. The van der Waals surface area contributed by atoms with Gasteiger partial charge in [0.15, 0.2) is 6.61 Å². The van der Waals surface area contributed by atoms with E-state index in [0.717, 1.165) is 0 Å². The predicted molar refractivity (Wildman–Crippen MR) is 98.7 cm³/mol. The molecule has 10 heteroatoms. The van der Waals surface area contributed by atoms with Crippen molar-refractivity contribution in [2.75, 3.05) is 13.7 Å². The summed E-state index contributed by atoms with van der Waals surface area (Å²) in [5.41, 5.74) is -3.23. The van der Waals surface area contributed by atoms with E-state index in [9.17, 15) is 23.1 Å². The van der Waals surface area contributed by atoms with Crippen LogP contribution in [-0.4, -0.2) is 47.4 Å². The van der Waals surface area contributed by atoms with Gasteiger partial charge in [-0.1, -0.05) is 12.1 Å². The Bertz CT molecular complexity index is 1020. The van der Waals surface area contributed by atoms with E-state index < -0.39 is 30.8 Å². The minimum Gasteiger partial charge on any atom is -0.497 e. The number of hydrogen-bond acceptors (Lipinski definition) is 6. The molecule has 7 nitrogen and oxygen atoms in total. The van der Waals surface area contributed by atoms with E-state index in [4.69, 9.17) is 14.7 Å². The number of para-hydroxylation sites is 1. The highest BCUT2D eigenvalue weighted by Gasteiger charge is 2.63. The number of hydrogen-bond donors (Lipinski definition) is 1. The van der Waals surface area contributed by atoms with Crippen molar-refractivity contribution in [1.29, 1.82) is 5.26 Å². The molecule has 0 spiro atoms. The molecule has 1 aliphatic rings. The maximum atomic E-state index is 13.6. The molecule has 1 atom stereocenters. The number of benzene rings is 2. The number of halogens is 3. The minimum absolute atomic E-state index is 0.0123. The van der Waals surface area contributed by atoms with Crippen LogP contribution in [0.5, 0.6) is 11.5 Å². The lowest BCUT2D eigenvalue weighted by atomic mass is 10.0. The number of ether oxygens (including phenoxy) is 2. The third kappa shape index (κ3) is 3.92. The average Bonchev–Trinajstić information content (AvgIpc) is 3.11. The number of rotatable bonds is 5. The number of carbonyl (C=O) groups is 1. The Hall–Kier alpha value is -3.58. The van der Waals surface area contributed by atoms with Crippen LogP contribution in [0.25, 0.3) is 0 Å². The summed E-state index contributed by atoms with van der Waals surface area (Å²) in [7, 11) is 1.44. The first kappa shape index (κ1) is 21.1. The molecule has 0 fully saturated rings. The molecule has 0 aromatic heterocycles. The summed E-state index contributed by atoms with van der Waals surface area (Å²) in [5.74, 6) is -0.700. The molecule has 0 saturated heterocycles. The summed E-state index contributed by atoms with van der Waals surface area (Å²) >= 11 is 0. The minimum atomic E-state index is -5.16. The molecule has 0 unspecified atom stereocenters. The molecule has 0 aliphatic carbocycles. The topological polar surface area (TPSA) is 95.1 Å². The Morgan fingerprint density at radius 1 is 1.27 bits per heavy atom. The molecule has 1 amide bonds. The fourth-order valence-corrected chi connectivity index (χ4v) is 2.86. The molecule has 156 valence electrons. The third-order valence-corrected chi connectivity index (χ3v) is 4.46. The van der Waals surface area contributed by atoms with Crippen LogP contribution in [0, 0.1) is 11.3 Å². The number of amides is 1. The second-order valence-electron chi connectivity index (χ2n) is 6.37. The first-order chi connectivity index (χ1) is 14.2. The van der Waals surface area contributed by atoms with Crippen LogP contribution in [0.2, 0.25) is 0 Å². The van der Waals surface area contributed by atoms with E-state index in [-0.39, 0.29) is 22.0 Å². The highest BCUT2D eigenvalue weighted by Crippen LogP contribution is 2.41. The standard InChI is InChI=1S/C20H16F3N3O4/c1-29-15-8-6-13(7-9-15)16-10-19(28,20(21,22)23)26(25-16)18(27)12-30-17-5-3-2-4-14(17)11-24/h2-9,28H,10,12H2,1H3/t19-/m1/s1. The number of nitriles is 1. The van der Waals surface area contributed by atoms with Gasteiger partial charge in [0.25, 0.3) is 11.6 Å². The van der Waals surface area contributed by atoms with Crippen LogP contribution in [0.1, 0.15) is 17.5 Å². The Balaban J connectivity index is 1.87. The maximum Gasteiger partial charge on any atom is 0.438 e. The Labute approximate surface area is 169 Å². The van der Waals surface area contributed by atoms with Gasteiger partial charge in [0.2, 0.25) is 0 Å². The molecular formula is C20H16F3N3O4. The van der Waals surface area contributed by atoms with Crippen LogP contribution >= 0.6 is 0 Å². The van der Waals surface area contributed by atoms with Crippen LogP contribution in [0.4, 0.5) is 13.2 Å². The normalized spacial score (nSPS) is 18.5. The fourth-order valence-electron chi connectivity index (χ4n) is 2.86. The second kappa shape index (κ2) is 8.04. The van der Waals surface area contributed by atoms with Gasteiger partial charge in [0.05, 0.1) is 24.8 Å². The molecule has 1 aliphatic heterocycles. The lowest BCUT2D eigenvalue weighted by molar-refractivity contribution is -0.302. The molecule has 3 rings (SSSR count). The summed E-state index contributed by atoms with van der Waals surface area (Å²) in [6.45, 7) is -0.851. The summed E-state index contributed by atoms with van der Waals surface area (Å²) < 4.78 is 51.1. The van der Waals surface area contributed by atoms with E-state index >= 15 is 0 Å². The molecule has 2 aromatic rings. The molecule has 2 aromatic carbocycles. The van der Waals surface area contributed by atoms with E-state index in [1.807, 2.05) is 6.07 Å². The summed E-state index contributed by atoms with van der Waals surface area (Å²) in [6.07, 6.45) is -6.10. The van der Waals surface area contributed by atoms with Gasteiger partial charge >= 0.3 is 6.18 Å². The molecule has 30 heavy (non-hydrogen) atoms.